The van der Waals surface area contributed by atoms with Crippen LogP contribution in [0.3, 0.4) is 0 Å². The Morgan fingerprint density at radius 3 is 2.81 bits per heavy atom. The lowest BCUT2D eigenvalue weighted by atomic mass is 9.83. The second kappa shape index (κ2) is 7.47. The Morgan fingerprint density at radius 2 is 2.11 bits per heavy atom. The molecule has 4 rings (SSSR count). The van der Waals surface area contributed by atoms with Crippen molar-refractivity contribution in [3.05, 3.63) is 36.1 Å². The van der Waals surface area contributed by atoms with E-state index in [0.29, 0.717) is 18.0 Å². The van der Waals surface area contributed by atoms with Crippen molar-refractivity contribution in [1.29, 1.82) is 0 Å². The molecule has 1 saturated heterocycles. The normalized spacial score (nSPS) is 24.4. The molecule has 1 N–H and O–H groups in total. The Bertz CT molecular complexity index is 912. The lowest BCUT2D eigenvalue weighted by Crippen LogP contribution is -2.44. The number of rotatable bonds is 5. The number of hydrogen-bond acceptors (Lipinski definition) is 4. The molecule has 1 aromatic carbocycles. The number of benzene rings is 1. The smallest absolute Gasteiger partial charge is 0.163 e. The highest BCUT2D eigenvalue weighted by atomic mass is 16.5. The van der Waals surface area contributed by atoms with Crippen LogP contribution in [-0.2, 0) is 0 Å². The van der Waals surface area contributed by atoms with Crippen LogP contribution in [0.5, 0.6) is 0 Å². The molecule has 0 radical (unpaired) electrons. The van der Waals surface area contributed by atoms with Crippen LogP contribution in [0, 0.1) is 18.8 Å². The molecule has 2 aromatic heterocycles. The summed E-state index contributed by atoms with van der Waals surface area (Å²) in [6, 6.07) is 11.3. The fraction of sp³-hybridized carbons (Fsp3) is 0.545. The first-order valence-electron chi connectivity index (χ1n) is 10.2. The summed E-state index contributed by atoms with van der Waals surface area (Å²) in [5.74, 6) is 3.18. The van der Waals surface area contributed by atoms with E-state index >= 15 is 0 Å². The van der Waals surface area contributed by atoms with E-state index in [9.17, 15) is 0 Å². The SMILES string of the molecule is CC[C@H](CC1NC[C@@H](C)CC1C)n1c(-c2cc(C)on2)nc2ccccc21. The zero-order chi connectivity index (χ0) is 19.0. The minimum Gasteiger partial charge on any atom is -0.361 e. The van der Waals surface area contributed by atoms with E-state index in [2.05, 4.69) is 54.0 Å². The van der Waals surface area contributed by atoms with Crippen LogP contribution in [0.15, 0.2) is 34.9 Å². The van der Waals surface area contributed by atoms with Crippen LogP contribution >= 0.6 is 0 Å². The minimum absolute atomic E-state index is 0.373. The lowest BCUT2D eigenvalue weighted by Gasteiger charge is -2.36. The van der Waals surface area contributed by atoms with Gasteiger partial charge in [0.15, 0.2) is 5.82 Å². The Kier molecular flexibility index (Phi) is 5.04. The molecular formula is C22H30N4O. The van der Waals surface area contributed by atoms with Crippen molar-refractivity contribution < 1.29 is 4.52 Å². The molecule has 0 bridgehead atoms. The zero-order valence-electron chi connectivity index (χ0n) is 16.8. The van der Waals surface area contributed by atoms with Gasteiger partial charge in [-0.2, -0.15) is 0 Å². The van der Waals surface area contributed by atoms with Crippen molar-refractivity contribution in [2.45, 2.75) is 59.0 Å². The highest BCUT2D eigenvalue weighted by Gasteiger charge is 2.29. The summed E-state index contributed by atoms with van der Waals surface area (Å²) in [6.07, 6.45) is 3.47. The molecular weight excluding hydrogens is 336 g/mol. The van der Waals surface area contributed by atoms with E-state index in [4.69, 9.17) is 9.51 Å². The van der Waals surface area contributed by atoms with Gasteiger partial charge in [0.25, 0.3) is 0 Å². The number of nitrogens with zero attached hydrogens (tertiary/aromatic N) is 3. The molecule has 0 amide bonds. The van der Waals surface area contributed by atoms with E-state index in [1.54, 1.807) is 0 Å². The van der Waals surface area contributed by atoms with Gasteiger partial charge in [-0.05, 0) is 56.7 Å². The van der Waals surface area contributed by atoms with Gasteiger partial charge in [0.05, 0.1) is 11.0 Å². The van der Waals surface area contributed by atoms with Crippen molar-refractivity contribution in [3.63, 3.8) is 0 Å². The molecule has 27 heavy (non-hydrogen) atoms. The van der Waals surface area contributed by atoms with Gasteiger partial charge in [0.1, 0.15) is 11.5 Å². The number of fused-ring (bicyclic) bond motifs is 1. The predicted molar refractivity (Wildman–Crippen MR) is 109 cm³/mol. The van der Waals surface area contributed by atoms with Crippen LogP contribution in [0.25, 0.3) is 22.6 Å². The number of para-hydroxylation sites is 2. The van der Waals surface area contributed by atoms with Crippen LogP contribution in [-0.4, -0.2) is 27.3 Å². The minimum atomic E-state index is 0.373. The van der Waals surface area contributed by atoms with Crippen molar-refractivity contribution in [2.24, 2.45) is 11.8 Å². The highest BCUT2D eigenvalue weighted by Crippen LogP contribution is 2.34. The number of piperidine rings is 1. The summed E-state index contributed by atoms with van der Waals surface area (Å²) < 4.78 is 7.73. The lowest BCUT2D eigenvalue weighted by molar-refractivity contribution is 0.212. The van der Waals surface area contributed by atoms with E-state index < -0.39 is 0 Å². The van der Waals surface area contributed by atoms with Crippen LogP contribution in [0.2, 0.25) is 0 Å². The summed E-state index contributed by atoms with van der Waals surface area (Å²) in [4.78, 5) is 4.91. The maximum absolute atomic E-state index is 5.35. The number of imidazole rings is 1. The monoisotopic (exact) mass is 366 g/mol. The first-order chi connectivity index (χ1) is 13.1. The van der Waals surface area contributed by atoms with Crippen molar-refractivity contribution in [3.8, 4) is 11.5 Å². The largest absolute Gasteiger partial charge is 0.361 e. The Balaban J connectivity index is 1.74. The summed E-state index contributed by atoms with van der Waals surface area (Å²) in [7, 11) is 0. The fourth-order valence-electron chi connectivity index (χ4n) is 4.57. The molecule has 5 heteroatoms. The van der Waals surface area contributed by atoms with Gasteiger partial charge in [0, 0.05) is 18.2 Å². The molecule has 0 saturated carbocycles. The second-order valence-electron chi connectivity index (χ2n) is 8.25. The Hall–Kier alpha value is -2.14. The molecule has 2 unspecified atom stereocenters. The van der Waals surface area contributed by atoms with Gasteiger partial charge < -0.3 is 14.4 Å². The third-order valence-electron chi connectivity index (χ3n) is 6.00. The van der Waals surface area contributed by atoms with Crippen LogP contribution < -0.4 is 5.32 Å². The average Bonchev–Trinajstić information content (AvgIpc) is 3.25. The quantitative estimate of drug-likeness (QED) is 0.692. The number of aromatic nitrogens is 3. The second-order valence-corrected chi connectivity index (χ2v) is 8.25. The van der Waals surface area contributed by atoms with Crippen LogP contribution in [0.1, 0.15) is 51.8 Å². The predicted octanol–water partition coefficient (Wildman–Crippen LogP) is 4.98. The molecule has 4 atom stereocenters. The van der Waals surface area contributed by atoms with E-state index in [-0.39, 0.29) is 0 Å². The number of hydrogen-bond donors (Lipinski definition) is 1. The van der Waals surface area contributed by atoms with Crippen molar-refractivity contribution >= 4 is 11.0 Å². The van der Waals surface area contributed by atoms with Gasteiger partial charge >= 0.3 is 0 Å². The summed E-state index contributed by atoms with van der Waals surface area (Å²) in [5.41, 5.74) is 3.02. The molecule has 1 aliphatic rings. The van der Waals surface area contributed by atoms with E-state index in [1.807, 2.05) is 19.1 Å². The molecule has 0 spiro atoms. The first-order valence-corrected chi connectivity index (χ1v) is 10.2. The third kappa shape index (κ3) is 3.53. The number of aryl methyl sites for hydroxylation is 1. The average molecular weight is 367 g/mol. The Labute approximate surface area is 161 Å². The van der Waals surface area contributed by atoms with Gasteiger partial charge in [-0.15, -0.1) is 0 Å². The standard InChI is InChI=1S/C22H30N4O/c1-5-17(12-19-15(3)10-14(2)13-23-19)26-21-9-7-6-8-18(21)24-22(26)20-11-16(4)27-25-20/h6-9,11,14-15,17,19,23H,5,10,12-13H2,1-4H3/t14-,15?,17+,19?/m0/s1. The highest BCUT2D eigenvalue weighted by molar-refractivity contribution is 5.80. The first kappa shape index (κ1) is 18.2. The summed E-state index contributed by atoms with van der Waals surface area (Å²) in [6.45, 7) is 10.0. The molecule has 3 aromatic rings. The maximum Gasteiger partial charge on any atom is 0.163 e. The maximum atomic E-state index is 5.35. The fourth-order valence-corrected chi connectivity index (χ4v) is 4.57. The molecule has 1 fully saturated rings. The molecule has 5 nitrogen and oxygen atoms in total. The zero-order valence-corrected chi connectivity index (χ0v) is 16.8. The van der Waals surface area contributed by atoms with Gasteiger partial charge in [-0.25, -0.2) is 4.98 Å². The Morgan fingerprint density at radius 1 is 1.30 bits per heavy atom. The summed E-state index contributed by atoms with van der Waals surface area (Å²) in [5, 5.41) is 8.05. The van der Waals surface area contributed by atoms with E-state index in [1.165, 1.54) is 11.9 Å². The summed E-state index contributed by atoms with van der Waals surface area (Å²) >= 11 is 0. The molecule has 1 aliphatic heterocycles. The molecule has 0 aliphatic carbocycles. The van der Waals surface area contributed by atoms with E-state index in [0.717, 1.165) is 48.1 Å². The molecule has 3 heterocycles. The van der Waals surface area contributed by atoms with Crippen molar-refractivity contribution in [2.75, 3.05) is 6.54 Å². The van der Waals surface area contributed by atoms with Gasteiger partial charge in [-0.1, -0.05) is 38.1 Å². The topological polar surface area (TPSA) is 55.9 Å². The molecule has 144 valence electrons. The van der Waals surface area contributed by atoms with Gasteiger partial charge in [-0.3, -0.25) is 0 Å². The van der Waals surface area contributed by atoms with Crippen LogP contribution in [0.4, 0.5) is 0 Å². The van der Waals surface area contributed by atoms with Gasteiger partial charge in [0.2, 0.25) is 0 Å². The number of nitrogens with one attached hydrogen (secondary N) is 1. The third-order valence-corrected chi connectivity index (χ3v) is 6.00. The van der Waals surface area contributed by atoms with Crippen molar-refractivity contribution in [1.82, 2.24) is 20.0 Å².